The number of benzene rings is 2. The summed E-state index contributed by atoms with van der Waals surface area (Å²) >= 11 is 3.45. The molecular weight excluding hydrogens is 428 g/mol. The van der Waals surface area contributed by atoms with E-state index < -0.39 is 0 Å². The zero-order valence-electron chi connectivity index (χ0n) is 16.1. The summed E-state index contributed by atoms with van der Waals surface area (Å²) in [5.74, 6) is 0.951. The van der Waals surface area contributed by atoms with E-state index in [4.69, 9.17) is 4.74 Å². The molecule has 0 radical (unpaired) electrons. The zero-order valence-corrected chi connectivity index (χ0v) is 17.7. The van der Waals surface area contributed by atoms with Gasteiger partial charge in [-0.05, 0) is 54.3 Å². The lowest BCUT2D eigenvalue weighted by Gasteiger charge is -2.03. The minimum atomic E-state index is 0.0763. The number of aromatic nitrogens is 2. The minimum Gasteiger partial charge on any atom is -0.497 e. The average Bonchev–Trinajstić information content (AvgIpc) is 3.15. The molecule has 2 aromatic heterocycles. The van der Waals surface area contributed by atoms with Crippen molar-refractivity contribution >= 4 is 32.7 Å². The van der Waals surface area contributed by atoms with Gasteiger partial charge < -0.3 is 9.72 Å². The maximum absolute atomic E-state index is 12.6. The lowest BCUT2D eigenvalue weighted by molar-refractivity contribution is 0.0992. The topological polar surface area (TPSA) is 55.0 Å². The Kier molecular flexibility index (Phi) is 5.76. The fraction of sp³-hybridized carbons (Fsp3) is 0.167. The van der Waals surface area contributed by atoms with Gasteiger partial charge in [0.2, 0.25) is 0 Å². The zero-order chi connectivity index (χ0) is 20.2. The van der Waals surface area contributed by atoms with Crippen molar-refractivity contribution in [3.05, 3.63) is 93.7 Å². The molecule has 2 heterocycles. The molecular formula is C24H21BrN2O2. The second-order valence-corrected chi connectivity index (χ2v) is 7.86. The third-order valence-electron chi connectivity index (χ3n) is 4.94. The van der Waals surface area contributed by atoms with Crippen LogP contribution in [0.15, 0.2) is 71.3 Å². The smallest absolute Gasteiger partial charge is 0.168 e. The summed E-state index contributed by atoms with van der Waals surface area (Å²) in [6.07, 6.45) is 3.90. The molecule has 4 rings (SSSR count). The standard InChI is InChI=1S/C24H21BrN2O2/c1-29-20-6-4-5-16(12-20)9-10-19-14-18-11-17(15-26-24(18)27-19)13-23(28)21-7-2-3-8-22(21)25/h2-8,11-12,14-15H,9-10,13H2,1H3,(H,26,27). The number of carbonyl (C=O) groups excluding carboxylic acids is 1. The van der Waals surface area contributed by atoms with E-state index in [2.05, 4.69) is 44.1 Å². The number of carbonyl (C=O) groups is 1. The van der Waals surface area contributed by atoms with Gasteiger partial charge in [-0.1, -0.05) is 46.3 Å². The van der Waals surface area contributed by atoms with Gasteiger partial charge >= 0.3 is 0 Å². The lowest BCUT2D eigenvalue weighted by atomic mass is 10.0. The molecule has 0 fully saturated rings. The molecule has 146 valence electrons. The SMILES string of the molecule is COc1cccc(CCc2cc3cc(CC(=O)c4ccccc4Br)cnc3[nH]2)c1. The number of Topliss-reactive ketones (excluding diaryl/α,β-unsaturated/α-hetero) is 1. The molecule has 29 heavy (non-hydrogen) atoms. The van der Waals surface area contributed by atoms with Gasteiger partial charge in [-0.15, -0.1) is 0 Å². The first-order chi connectivity index (χ1) is 14.1. The summed E-state index contributed by atoms with van der Waals surface area (Å²) in [6.45, 7) is 0. The Hall–Kier alpha value is -2.92. The van der Waals surface area contributed by atoms with Crippen molar-refractivity contribution in [2.75, 3.05) is 7.11 Å². The Balaban J connectivity index is 1.47. The van der Waals surface area contributed by atoms with Gasteiger partial charge in [0.1, 0.15) is 11.4 Å². The van der Waals surface area contributed by atoms with E-state index in [0.29, 0.717) is 12.0 Å². The largest absolute Gasteiger partial charge is 0.497 e. The van der Waals surface area contributed by atoms with E-state index in [-0.39, 0.29) is 5.78 Å². The molecule has 0 saturated heterocycles. The molecule has 0 bridgehead atoms. The lowest BCUT2D eigenvalue weighted by Crippen LogP contribution is -2.04. The highest BCUT2D eigenvalue weighted by Crippen LogP contribution is 2.21. The molecule has 5 heteroatoms. The first-order valence-corrected chi connectivity index (χ1v) is 10.3. The summed E-state index contributed by atoms with van der Waals surface area (Å²) in [6, 6.07) is 19.8. The molecule has 4 nitrogen and oxygen atoms in total. The number of ketones is 1. The molecule has 0 aliphatic carbocycles. The molecule has 2 aromatic carbocycles. The molecule has 0 atom stereocenters. The number of halogens is 1. The van der Waals surface area contributed by atoms with Gasteiger partial charge in [0.25, 0.3) is 0 Å². The first kappa shape index (κ1) is 19.4. The van der Waals surface area contributed by atoms with Crippen LogP contribution in [0.2, 0.25) is 0 Å². The number of nitrogens with one attached hydrogen (secondary N) is 1. The fourth-order valence-electron chi connectivity index (χ4n) is 3.42. The molecule has 4 aromatic rings. The van der Waals surface area contributed by atoms with Crippen LogP contribution in [0.3, 0.4) is 0 Å². The number of nitrogens with zero attached hydrogens (tertiary/aromatic N) is 1. The number of aromatic amines is 1. The molecule has 0 spiro atoms. The first-order valence-electron chi connectivity index (χ1n) is 9.49. The van der Waals surface area contributed by atoms with Crippen LogP contribution in [0.5, 0.6) is 5.75 Å². The van der Waals surface area contributed by atoms with Crippen molar-refractivity contribution in [3.63, 3.8) is 0 Å². The summed E-state index contributed by atoms with van der Waals surface area (Å²) in [5.41, 5.74) is 4.82. The highest BCUT2D eigenvalue weighted by atomic mass is 79.9. The molecule has 0 unspecified atom stereocenters. The summed E-state index contributed by atoms with van der Waals surface area (Å²) in [5, 5.41) is 1.03. The van der Waals surface area contributed by atoms with Crippen molar-refractivity contribution in [1.29, 1.82) is 0 Å². The number of fused-ring (bicyclic) bond motifs is 1. The van der Waals surface area contributed by atoms with E-state index in [1.54, 1.807) is 13.3 Å². The van der Waals surface area contributed by atoms with Gasteiger partial charge in [-0.3, -0.25) is 4.79 Å². The van der Waals surface area contributed by atoms with Crippen molar-refractivity contribution in [2.45, 2.75) is 19.3 Å². The Morgan fingerprint density at radius 3 is 2.72 bits per heavy atom. The Labute approximate surface area is 178 Å². The number of ether oxygens (including phenoxy) is 1. The Morgan fingerprint density at radius 2 is 1.90 bits per heavy atom. The van der Waals surface area contributed by atoms with Gasteiger partial charge in [-0.25, -0.2) is 4.98 Å². The third kappa shape index (κ3) is 4.57. The van der Waals surface area contributed by atoms with Crippen molar-refractivity contribution in [1.82, 2.24) is 9.97 Å². The predicted molar refractivity (Wildman–Crippen MR) is 119 cm³/mol. The Morgan fingerprint density at radius 1 is 1.03 bits per heavy atom. The van der Waals surface area contributed by atoms with Crippen LogP contribution in [0.4, 0.5) is 0 Å². The average molecular weight is 449 g/mol. The molecule has 0 amide bonds. The number of aryl methyl sites for hydroxylation is 2. The molecule has 0 saturated carbocycles. The van der Waals surface area contributed by atoms with Crippen LogP contribution < -0.4 is 4.74 Å². The highest BCUT2D eigenvalue weighted by Gasteiger charge is 2.12. The maximum Gasteiger partial charge on any atom is 0.168 e. The van der Waals surface area contributed by atoms with E-state index in [9.17, 15) is 4.79 Å². The normalized spacial score (nSPS) is 11.0. The van der Waals surface area contributed by atoms with Gasteiger partial charge in [0.15, 0.2) is 5.78 Å². The van der Waals surface area contributed by atoms with Crippen molar-refractivity contribution in [2.24, 2.45) is 0 Å². The summed E-state index contributed by atoms with van der Waals surface area (Å²) in [7, 11) is 1.68. The van der Waals surface area contributed by atoms with Gasteiger partial charge in [-0.2, -0.15) is 0 Å². The van der Waals surface area contributed by atoms with Crippen LogP contribution in [-0.4, -0.2) is 22.9 Å². The van der Waals surface area contributed by atoms with Crippen molar-refractivity contribution in [3.8, 4) is 5.75 Å². The second kappa shape index (κ2) is 8.62. The number of hydrogen-bond acceptors (Lipinski definition) is 3. The highest BCUT2D eigenvalue weighted by molar-refractivity contribution is 9.10. The van der Waals surface area contributed by atoms with Gasteiger partial charge in [0.05, 0.1) is 7.11 Å². The van der Waals surface area contributed by atoms with E-state index in [0.717, 1.165) is 45.4 Å². The van der Waals surface area contributed by atoms with E-state index >= 15 is 0 Å². The fourth-order valence-corrected chi connectivity index (χ4v) is 3.93. The van der Waals surface area contributed by atoms with Crippen LogP contribution >= 0.6 is 15.9 Å². The predicted octanol–water partition coefficient (Wildman–Crippen LogP) is 5.54. The number of pyridine rings is 1. The number of rotatable bonds is 7. The molecule has 0 aliphatic heterocycles. The third-order valence-corrected chi connectivity index (χ3v) is 5.63. The summed E-state index contributed by atoms with van der Waals surface area (Å²) in [4.78, 5) is 20.5. The number of hydrogen-bond donors (Lipinski definition) is 1. The maximum atomic E-state index is 12.6. The van der Waals surface area contributed by atoms with Crippen LogP contribution in [0.25, 0.3) is 11.0 Å². The van der Waals surface area contributed by atoms with E-state index in [1.807, 2.05) is 42.5 Å². The quantitative estimate of drug-likeness (QED) is 0.377. The van der Waals surface area contributed by atoms with Gasteiger partial charge in [0, 0.05) is 33.7 Å². The second-order valence-electron chi connectivity index (χ2n) is 7.01. The Bertz CT molecular complexity index is 1170. The molecule has 1 N–H and O–H groups in total. The van der Waals surface area contributed by atoms with Crippen molar-refractivity contribution < 1.29 is 9.53 Å². The van der Waals surface area contributed by atoms with E-state index in [1.165, 1.54) is 5.56 Å². The van der Waals surface area contributed by atoms with Crippen LogP contribution in [0, 0.1) is 0 Å². The monoisotopic (exact) mass is 448 g/mol. The minimum absolute atomic E-state index is 0.0763. The van der Waals surface area contributed by atoms with Crippen LogP contribution in [-0.2, 0) is 19.3 Å². The van der Waals surface area contributed by atoms with Crippen LogP contribution in [0.1, 0.15) is 27.2 Å². The summed E-state index contributed by atoms with van der Waals surface area (Å²) < 4.78 is 6.11. The molecule has 0 aliphatic rings. The number of methoxy groups -OCH3 is 1. The number of H-pyrrole nitrogens is 1.